The lowest BCUT2D eigenvalue weighted by molar-refractivity contribution is 0.589. The highest BCUT2D eigenvalue weighted by Gasteiger charge is 2.10. The first kappa shape index (κ1) is 17.8. The number of benzene rings is 3. The molecule has 0 spiro atoms. The molecule has 1 fully saturated rings. The van der Waals surface area contributed by atoms with E-state index >= 15 is 0 Å². The fourth-order valence-electron chi connectivity index (χ4n) is 3.23. The van der Waals surface area contributed by atoms with Crippen LogP contribution in [0.15, 0.2) is 83.8 Å². The highest BCUT2D eigenvalue weighted by Crippen LogP contribution is 2.22. The third kappa shape index (κ3) is 4.38. The summed E-state index contributed by atoms with van der Waals surface area (Å²) in [5.41, 5.74) is 4.35. The molecular weight excluding hydrogens is 354 g/mol. The van der Waals surface area contributed by atoms with Crippen molar-refractivity contribution in [3.05, 3.63) is 78.9 Å². The van der Waals surface area contributed by atoms with Crippen LogP contribution in [-0.4, -0.2) is 30.4 Å². The zero-order valence-electron chi connectivity index (χ0n) is 15.1. The van der Waals surface area contributed by atoms with Gasteiger partial charge in [0.05, 0.1) is 4.90 Å². The van der Waals surface area contributed by atoms with Crippen LogP contribution in [0.4, 0.5) is 11.4 Å². The Morgan fingerprint density at radius 3 is 2.07 bits per heavy atom. The highest BCUT2D eigenvalue weighted by atomic mass is 32.2. The van der Waals surface area contributed by atoms with Crippen molar-refractivity contribution in [2.45, 2.75) is 4.90 Å². The van der Waals surface area contributed by atoms with Gasteiger partial charge in [-0.2, -0.15) is 0 Å². The lowest BCUT2D eigenvalue weighted by Gasteiger charge is -2.29. The van der Waals surface area contributed by atoms with Gasteiger partial charge >= 0.3 is 0 Å². The van der Waals surface area contributed by atoms with Crippen LogP contribution in [0.2, 0.25) is 0 Å². The van der Waals surface area contributed by atoms with E-state index in [1.807, 2.05) is 54.6 Å². The molecule has 4 rings (SSSR count). The third-order valence-electron chi connectivity index (χ3n) is 4.74. The van der Waals surface area contributed by atoms with Crippen molar-refractivity contribution in [2.24, 2.45) is 0 Å². The topological polar surface area (TPSA) is 44.4 Å². The highest BCUT2D eigenvalue weighted by molar-refractivity contribution is 7.86. The van der Waals surface area contributed by atoms with Crippen LogP contribution in [0.25, 0.3) is 11.1 Å². The van der Waals surface area contributed by atoms with Gasteiger partial charge in [-0.3, -0.25) is 0 Å². The van der Waals surface area contributed by atoms with E-state index in [9.17, 15) is 4.21 Å². The predicted octanol–water partition coefficient (Wildman–Crippen LogP) is 3.90. The van der Waals surface area contributed by atoms with E-state index in [0.717, 1.165) is 47.9 Å². The van der Waals surface area contributed by atoms with Gasteiger partial charge in [0.2, 0.25) is 0 Å². The van der Waals surface area contributed by atoms with Crippen LogP contribution in [0.1, 0.15) is 0 Å². The van der Waals surface area contributed by atoms with E-state index in [1.165, 1.54) is 5.69 Å². The molecule has 138 valence electrons. The molecule has 5 heteroatoms. The van der Waals surface area contributed by atoms with Gasteiger partial charge in [-0.1, -0.05) is 42.5 Å². The SMILES string of the molecule is O=S(Nc1ccc(N2CCNCC2)cc1)c1ccc(-c2ccccc2)cc1. The summed E-state index contributed by atoms with van der Waals surface area (Å²) in [4.78, 5) is 3.13. The summed E-state index contributed by atoms with van der Waals surface area (Å²) in [5, 5.41) is 3.36. The summed E-state index contributed by atoms with van der Waals surface area (Å²) < 4.78 is 15.7. The maximum absolute atomic E-state index is 12.6. The van der Waals surface area contributed by atoms with E-state index in [4.69, 9.17) is 0 Å². The number of rotatable bonds is 5. The van der Waals surface area contributed by atoms with Gasteiger partial charge in [0, 0.05) is 37.6 Å². The number of hydrogen-bond acceptors (Lipinski definition) is 3. The Hall–Kier alpha value is -2.63. The van der Waals surface area contributed by atoms with Crippen molar-refractivity contribution in [3.8, 4) is 11.1 Å². The number of nitrogens with one attached hydrogen (secondary N) is 2. The van der Waals surface area contributed by atoms with Crippen molar-refractivity contribution in [1.82, 2.24) is 5.32 Å². The number of nitrogens with zero attached hydrogens (tertiary/aromatic N) is 1. The summed E-state index contributed by atoms with van der Waals surface area (Å²) in [7, 11) is -1.28. The van der Waals surface area contributed by atoms with E-state index in [2.05, 4.69) is 39.2 Å². The Bertz CT molecular complexity index is 889. The first-order valence-electron chi connectivity index (χ1n) is 9.19. The van der Waals surface area contributed by atoms with Gasteiger partial charge in [0.25, 0.3) is 0 Å². The quantitative estimate of drug-likeness (QED) is 0.709. The monoisotopic (exact) mass is 377 g/mol. The van der Waals surface area contributed by atoms with E-state index in [1.54, 1.807) is 0 Å². The molecule has 1 saturated heterocycles. The zero-order valence-corrected chi connectivity index (χ0v) is 15.9. The van der Waals surface area contributed by atoms with Gasteiger partial charge in [-0.05, 0) is 47.5 Å². The Kier molecular flexibility index (Phi) is 5.51. The minimum Gasteiger partial charge on any atom is -0.369 e. The Morgan fingerprint density at radius 1 is 0.778 bits per heavy atom. The van der Waals surface area contributed by atoms with Gasteiger partial charge in [0.15, 0.2) is 0 Å². The van der Waals surface area contributed by atoms with Crippen LogP contribution < -0.4 is 14.9 Å². The van der Waals surface area contributed by atoms with Crippen LogP contribution >= 0.6 is 0 Å². The van der Waals surface area contributed by atoms with Gasteiger partial charge in [-0.25, -0.2) is 4.21 Å². The average molecular weight is 378 g/mol. The number of anilines is 2. The van der Waals surface area contributed by atoms with Crippen molar-refractivity contribution >= 4 is 22.4 Å². The standard InChI is InChI=1S/C22H23N3OS/c26-27(22-12-6-19(7-13-22)18-4-2-1-3-5-18)24-20-8-10-21(11-9-20)25-16-14-23-15-17-25/h1-13,23-24H,14-17H2. The summed E-state index contributed by atoms with van der Waals surface area (Å²) in [6.45, 7) is 4.07. The molecule has 0 saturated carbocycles. The second-order valence-electron chi connectivity index (χ2n) is 6.55. The number of piperazine rings is 1. The normalized spacial score (nSPS) is 15.3. The fourth-order valence-corrected chi connectivity index (χ4v) is 4.08. The molecule has 1 atom stereocenters. The molecule has 0 bridgehead atoms. The zero-order chi connectivity index (χ0) is 18.5. The van der Waals surface area contributed by atoms with Crippen molar-refractivity contribution in [1.29, 1.82) is 0 Å². The smallest absolute Gasteiger partial charge is 0.150 e. The predicted molar refractivity (Wildman–Crippen MR) is 113 cm³/mol. The second kappa shape index (κ2) is 8.37. The average Bonchev–Trinajstić information content (AvgIpc) is 2.76. The molecule has 27 heavy (non-hydrogen) atoms. The number of hydrogen-bond donors (Lipinski definition) is 2. The Morgan fingerprint density at radius 2 is 1.41 bits per heavy atom. The molecular formula is C22H23N3OS. The summed E-state index contributed by atoms with van der Waals surface area (Å²) in [6, 6.07) is 26.2. The molecule has 1 aliphatic rings. The van der Waals surface area contributed by atoms with E-state index in [0.29, 0.717) is 0 Å². The molecule has 3 aromatic rings. The molecule has 1 aliphatic heterocycles. The molecule has 1 heterocycles. The minimum absolute atomic E-state index is 0.765. The summed E-state index contributed by atoms with van der Waals surface area (Å²) >= 11 is 0. The maximum atomic E-state index is 12.6. The summed E-state index contributed by atoms with van der Waals surface area (Å²) in [6.07, 6.45) is 0. The summed E-state index contributed by atoms with van der Waals surface area (Å²) in [5.74, 6) is 0. The second-order valence-corrected chi connectivity index (χ2v) is 7.76. The lowest BCUT2D eigenvalue weighted by Crippen LogP contribution is -2.43. The Labute approximate surface area is 162 Å². The van der Waals surface area contributed by atoms with Crippen molar-refractivity contribution < 1.29 is 4.21 Å². The molecule has 2 N–H and O–H groups in total. The molecule has 0 radical (unpaired) electrons. The first-order valence-corrected chi connectivity index (χ1v) is 10.3. The van der Waals surface area contributed by atoms with Crippen molar-refractivity contribution in [3.63, 3.8) is 0 Å². The largest absolute Gasteiger partial charge is 0.369 e. The van der Waals surface area contributed by atoms with Crippen LogP contribution in [-0.2, 0) is 11.0 Å². The van der Waals surface area contributed by atoms with Gasteiger partial charge in [0.1, 0.15) is 11.0 Å². The fraction of sp³-hybridized carbons (Fsp3) is 0.182. The van der Waals surface area contributed by atoms with Gasteiger partial charge < -0.3 is 14.9 Å². The van der Waals surface area contributed by atoms with E-state index in [-0.39, 0.29) is 0 Å². The molecule has 0 aromatic heterocycles. The third-order valence-corrected chi connectivity index (χ3v) is 5.86. The van der Waals surface area contributed by atoms with Crippen molar-refractivity contribution in [2.75, 3.05) is 35.8 Å². The van der Waals surface area contributed by atoms with E-state index < -0.39 is 11.0 Å². The molecule has 0 amide bonds. The van der Waals surface area contributed by atoms with Crippen LogP contribution in [0.3, 0.4) is 0 Å². The Balaban J connectivity index is 1.41. The molecule has 3 aromatic carbocycles. The van der Waals surface area contributed by atoms with Crippen LogP contribution in [0, 0.1) is 0 Å². The molecule has 1 unspecified atom stereocenters. The lowest BCUT2D eigenvalue weighted by atomic mass is 10.1. The maximum Gasteiger partial charge on any atom is 0.150 e. The van der Waals surface area contributed by atoms with Crippen LogP contribution in [0.5, 0.6) is 0 Å². The minimum atomic E-state index is -1.28. The first-order chi connectivity index (χ1) is 13.3. The molecule has 4 nitrogen and oxygen atoms in total. The van der Waals surface area contributed by atoms with Gasteiger partial charge in [-0.15, -0.1) is 0 Å². The molecule has 0 aliphatic carbocycles.